The molecule has 1 aliphatic rings. The molecule has 1 amide bonds. The Balaban J connectivity index is 1.33. The number of carbonyl (C=O) groups excluding carboxylic acids is 1. The van der Waals surface area contributed by atoms with Gasteiger partial charge in [0.2, 0.25) is 5.91 Å². The number of amides is 1. The maximum atomic E-state index is 12.5. The van der Waals surface area contributed by atoms with Crippen molar-refractivity contribution in [3.63, 3.8) is 0 Å². The van der Waals surface area contributed by atoms with Crippen molar-refractivity contribution in [2.75, 3.05) is 18.0 Å². The van der Waals surface area contributed by atoms with E-state index in [9.17, 15) is 4.79 Å². The second-order valence-electron chi connectivity index (χ2n) is 6.81. The molecule has 0 aliphatic carbocycles. The summed E-state index contributed by atoms with van der Waals surface area (Å²) in [6.45, 7) is 4.02. The van der Waals surface area contributed by atoms with Crippen molar-refractivity contribution in [2.24, 2.45) is 5.92 Å². The molecular formula is C19H21ClN6O. The van der Waals surface area contributed by atoms with Crippen LogP contribution in [0.15, 0.2) is 36.4 Å². The fourth-order valence-corrected chi connectivity index (χ4v) is 3.49. The molecule has 8 heteroatoms. The van der Waals surface area contributed by atoms with E-state index in [4.69, 9.17) is 11.6 Å². The van der Waals surface area contributed by atoms with Gasteiger partial charge in [-0.2, -0.15) is 4.52 Å². The fraction of sp³-hybridized carbons (Fsp3) is 0.368. The molecule has 0 bridgehead atoms. The van der Waals surface area contributed by atoms with E-state index in [1.54, 1.807) is 4.52 Å². The standard InChI is InChI=1S/C19H21ClN6O/c1-13-22-23-17-6-7-18(24-26(13)17)25-10-8-15(9-11-25)19(27)21-12-14-2-4-16(20)5-3-14/h2-7,15H,8-12H2,1H3,(H,21,27). The highest BCUT2D eigenvalue weighted by atomic mass is 35.5. The van der Waals surface area contributed by atoms with Gasteiger partial charge in [-0.25, -0.2) is 0 Å². The Morgan fingerprint density at radius 3 is 2.63 bits per heavy atom. The molecule has 0 saturated carbocycles. The summed E-state index contributed by atoms with van der Waals surface area (Å²) in [5, 5.41) is 16.5. The molecule has 3 aromatic rings. The Hall–Kier alpha value is -2.67. The zero-order valence-electron chi connectivity index (χ0n) is 15.1. The van der Waals surface area contributed by atoms with E-state index in [1.807, 2.05) is 43.3 Å². The lowest BCUT2D eigenvalue weighted by molar-refractivity contribution is -0.125. The van der Waals surface area contributed by atoms with Gasteiger partial charge in [0.15, 0.2) is 11.5 Å². The SMILES string of the molecule is Cc1nnc2ccc(N3CCC(C(=O)NCc4ccc(Cl)cc4)CC3)nn12. The van der Waals surface area contributed by atoms with E-state index in [2.05, 4.69) is 25.5 Å². The molecule has 27 heavy (non-hydrogen) atoms. The largest absolute Gasteiger partial charge is 0.355 e. The summed E-state index contributed by atoms with van der Waals surface area (Å²) in [7, 11) is 0. The number of aromatic nitrogens is 4. The molecule has 1 N–H and O–H groups in total. The molecule has 0 atom stereocenters. The second kappa shape index (κ2) is 7.52. The molecule has 0 spiro atoms. The van der Waals surface area contributed by atoms with Gasteiger partial charge in [-0.05, 0) is 49.6 Å². The molecule has 0 radical (unpaired) electrons. The van der Waals surface area contributed by atoms with Crippen molar-refractivity contribution in [2.45, 2.75) is 26.3 Å². The number of halogens is 1. The number of anilines is 1. The van der Waals surface area contributed by atoms with Gasteiger partial charge in [0.25, 0.3) is 0 Å². The minimum atomic E-state index is 0.0360. The summed E-state index contributed by atoms with van der Waals surface area (Å²) in [6.07, 6.45) is 1.63. The summed E-state index contributed by atoms with van der Waals surface area (Å²) in [5.41, 5.74) is 1.79. The van der Waals surface area contributed by atoms with Gasteiger partial charge in [-0.15, -0.1) is 15.3 Å². The molecule has 7 nitrogen and oxygen atoms in total. The van der Waals surface area contributed by atoms with E-state index < -0.39 is 0 Å². The Morgan fingerprint density at radius 1 is 1.15 bits per heavy atom. The topological polar surface area (TPSA) is 75.4 Å². The first-order valence-corrected chi connectivity index (χ1v) is 9.44. The summed E-state index contributed by atoms with van der Waals surface area (Å²) in [5.74, 6) is 1.81. The van der Waals surface area contributed by atoms with Crippen LogP contribution in [0.4, 0.5) is 5.82 Å². The van der Waals surface area contributed by atoms with Gasteiger partial charge in [0, 0.05) is 30.6 Å². The molecule has 2 aromatic heterocycles. The van der Waals surface area contributed by atoms with E-state index in [0.717, 1.165) is 48.8 Å². The van der Waals surface area contributed by atoms with Crippen LogP contribution < -0.4 is 10.2 Å². The van der Waals surface area contributed by atoms with Crippen LogP contribution in [0.1, 0.15) is 24.2 Å². The Bertz CT molecular complexity index is 946. The number of aryl methyl sites for hydroxylation is 1. The molecule has 0 unspecified atom stereocenters. The third-order valence-corrected chi connectivity index (χ3v) is 5.23. The molecule has 1 aliphatic heterocycles. The smallest absolute Gasteiger partial charge is 0.223 e. The lowest BCUT2D eigenvalue weighted by Crippen LogP contribution is -2.40. The number of rotatable bonds is 4. The van der Waals surface area contributed by atoms with Crippen LogP contribution in [-0.4, -0.2) is 38.8 Å². The number of piperidine rings is 1. The second-order valence-corrected chi connectivity index (χ2v) is 7.25. The summed E-state index contributed by atoms with van der Waals surface area (Å²) in [6, 6.07) is 11.4. The number of carbonyl (C=O) groups is 1. The molecular weight excluding hydrogens is 364 g/mol. The first kappa shape index (κ1) is 17.7. The minimum Gasteiger partial charge on any atom is -0.355 e. The van der Waals surface area contributed by atoms with E-state index in [0.29, 0.717) is 11.6 Å². The first-order valence-electron chi connectivity index (χ1n) is 9.06. The van der Waals surface area contributed by atoms with Gasteiger partial charge in [-0.3, -0.25) is 4.79 Å². The molecule has 1 saturated heterocycles. The Morgan fingerprint density at radius 2 is 1.89 bits per heavy atom. The maximum Gasteiger partial charge on any atom is 0.223 e. The lowest BCUT2D eigenvalue weighted by Gasteiger charge is -2.32. The van der Waals surface area contributed by atoms with Crippen LogP contribution in [0.2, 0.25) is 5.02 Å². The van der Waals surface area contributed by atoms with E-state index >= 15 is 0 Å². The van der Waals surface area contributed by atoms with Crippen LogP contribution in [0, 0.1) is 12.8 Å². The van der Waals surface area contributed by atoms with Crippen LogP contribution >= 0.6 is 11.6 Å². The summed E-state index contributed by atoms with van der Waals surface area (Å²) < 4.78 is 1.75. The van der Waals surface area contributed by atoms with E-state index in [-0.39, 0.29) is 11.8 Å². The highest BCUT2D eigenvalue weighted by Crippen LogP contribution is 2.22. The quantitative estimate of drug-likeness (QED) is 0.748. The number of nitrogens with zero attached hydrogens (tertiary/aromatic N) is 5. The number of hydrogen-bond acceptors (Lipinski definition) is 5. The minimum absolute atomic E-state index is 0.0360. The third kappa shape index (κ3) is 3.88. The van der Waals surface area contributed by atoms with Crippen LogP contribution in [-0.2, 0) is 11.3 Å². The van der Waals surface area contributed by atoms with Crippen LogP contribution in [0.25, 0.3) is 5.65 Å². The van der Waals surface area contributed by atoms with Gasteiger partial charge in [-0.1, -0.05) is 23.7 Å². The number of fused-ring (bicyclic) bond motifs is 1. The number of hydrogen-bond donors (Lipinski definition) is 1. The number of benzene rings is 1. The lowest BCUT2D eigenvalue weighted by atomic mass is 9.96. The molecule has 1 aromatic carbocycles. The predicted octanol–water partition coefficient (Wildman–Crippen LogP) is 2.62. The zero-order chi connectivity index (χ0) is 18.8. The maximum absolute atomic E-state index is 12.5. The highest BCUT2D eigenvalue weighted by molar-refractivity contribution is 6.30. The predicted molar refractivity (Wildman–Crippen MR) is 104 cm³/mol. The van der Waals surface area contributed by atoms with Crippen LogP contribution in [0.3, 0.4) is 0 Å². The average Bonchev–Trinajstić information content (AvgIpc) is 3.08. The van der Waals surface area contributed by atoms with Gasteiger partial charge >= 0.3 is 0 Å². The van der Waals surface area contributed by atoms with Gasteiger partial charge < -0.3 is 10.2 Å². The first-order chi connectivity index (χ1) is 13.1. The van der Waals surface area contributed by atoms with Gasteiger partial charge in [0.1, 0.15) is 5.82 Å². The average molecular weight is 385 g/mol. The summed E-state index contributed by atoms with van der Waals surface area (Å²) >= 11 is 5.89. The highest BCUT2D eigenvalue weighted by Gasteiger charge is 2.25. The van der Waals surface area contributed by atoms with E-state index in [1.165, 1.54) is 0 Å². The number of nitrogens with one attached hydrogen (secondary N) is 1. The Labute approximate surface area is 162 Å². The van der Waals surface area contributed by atoms with Crippen molar-refractivity contribution >= 4 is 29.0 Å². The van der Waals surface area contributed by atoms with Crippen molar-refractivity contribution in [1.82, 2.24) is 25.1 Å². The van der Waals surface area contributed by atoms with Crippen LogP contribution in [0.5, 0.6) is 0 Å². The van der Waals surface area contributed by atoms with Crippen molar-refractivity contribution in [1.29, 1.82) is 0 Å². The Kier molecular flexibility index (Phi) is 4.94. The van der Waals surface area contributed by atoms with Crippen molar-refractivity contribution in [3.05, 3.63) is 52.8 Å². The molecule has 140 valence electrons. The third-order valence-electron chi connectivity index (χ3n) is 4.97. The van der Waals surface area contributed by atoms with Gasteiger partial charge in [0.05, 0.1) is 0 Å². The molecule has 1 fully saturated rings. The monoisotopic (exact) mass is 384 g/mol. The van der Waals surface area contributed by atoms with Crippen molar-refractivity contribution < 1.29 is 4.79 Å². The normalized spacial score (nSPS) is 15.3. The zero-order valence-corrected chi connectivity index (χ0v) is 15.9. The molecule has 3 heterocycles. The summed E-state index contributed by atoms with van der Waals surface area (Å²) in [4.78, 5) is 14.7. The van der Waals surface area contributed by atoms with Crippen molar-refractivity contribution in [3.8, 4) is 0 Å². The fourth-order valence-electron chi connectivity index (χ4n) is 3.36. The molecule has 4 rings (SSSR count).